The molecule has 1 aromatic heterocycles. The van der Waals surface area contributed by atoms with Gasteiger partial charge < -0.3 is 10.6 Å². The molecular weight excluding hydrogens is 174 g/mol. The Morgan fingerprint density at radius 3 is 3.07 bits per heavy atom. The van der Waals surface area contributed by atoms with E-state index < -0.39 is 0 Å². The average Bonchev–Trinajstić information content (AvgIpc) is 2.30. The molecule has 0 amide bonds. The van der Waals surface area contributed by atoms with E-state index in [1.54, 1.807) is 0 Å². The van der Waals surface area contributed by atoms with Crippen molar-refractivity contribution in [3.63, 3.8) is 0 Å². The first-order chi connectivity index (χ1) is 6.92. The van der Waals surface area contributed by atoms with Crippen molar-refractivity contribution in [2.24, 2.45) is 5.73 Å². The highest BCUT2D eigenvalue weighted by atomic mass is 15.2. The number of nitrogens with zero attached hydrogens (tertiary/aromatic N) is 2. The van der Waals surface area contributed by atoms with Crippen molar-refractivity contribution >= 4 is 5.82 Å². The maximum absolute atomic E-state index is 5.76. The molecule has 0 saturated carbocycles. The Morgan fingerprint density at radius 1 is 1.43 bits per heavy atom. The van der Waals surface area contributed by atoms with Crippen LogP contribution in [0.4, 0.5) is 5.82 Å². The van der Waals surface area contributed by atoms with E-state index in [-0.39, 0.29) is 0 Å². The SMILES string of the molecule is NC[C@H]1CCCCN1c1ccccn1. The number of hydrogen-bond acceptors (Lipinski definition) is 3. The summed E-state index contributed by atoms with van der Waals surface area (Å²) >= 11 is 0. The van der Waals surface area contributed by atoms with E-state index in [0.717, 1.165) is 18.9 Å². The second-order valence-corrected chi connectivity index (χ2v) is 3.77. The first-order valence-corrected chi connectivity index (χ1v) is 5.29. The lowest BCUT2D eigenvalue weighted by Crippen LogP contribution is -2.44. The average molecular weight is 191 g/mol. The van der Waals surface area contributed by atoms with Crippen molar-refractivity contribution in [2.45, 2.75) is 25.3 Å². The molecule has 3 nitrogen and oxygen atoms in total. The van der Waals surface area contributed by atoms with E-state index in [0.29, 0.717) is 6.04 Å². The zero-order valence-corrected chi connectivity index (χ0v) is 8.39. The van der Waals surface area contributed by atoms with Crippen molar-refractivity contribution < 1.29 is 0 Å². The molecule has 0 radical (unpaired) electrons. The molecule has 0 bridgehead atoms. The normalized spacial score (nSPS) is 22.4. The lowest BCUT2D eigenvalue weighted by molar-refractivity contribution is 0.462. The number of nitrogens with two attached hydrogens (primary N) is 1. The van der Waals surface area contributed by atoms with Crippen molar-refractivity contribution in [1.29, 1.82) is 0 Å². The van der Waals surface area contributed by atoms with E-state index >= 15 is 0 Å². The van der Waals surface area contributed by atoms with Gasteiger partial charge in [-0.1, -0.05) is 6.07 Å². The van der Waals surface area contributed by atoms with Crippen LogP contribution >= 0.6 is 0 Å². The summed E-state index contributed by atoms with van der Waals surface area (Å²) in [6.45, 7) is 1.83. The van der Waals surface area contributed by atoms with E-state index in [4.69, 9.17) is 5.73 Å². The number of hydrogen-bond donors (Lipinski definition) is 1. The monoisotopic (exact) mass is 191 g/mol. The quantitative estimate of drug-likeness (QED) is 0.768. The van der Waals surface area contributed by atoms with E-state index in [1.807, 2.05) is 18.3 Å². The Morgan fingerprint density at radius 2 is 2.36 bits per heavy atom. The second kappa shape index (κ2) is 4.42. The highest BCUT2D eigenvalue weighted by molar-refractivity contribution is 5.39. The van der Waals surface area contributed by atoms with Crippen LogP contribution < -0.4 is 10.6 Å². The summed E-state index contributed by atoms with van der Waals surface area (Å²) < 4.78 is 0. The number of pyridine rings is 1. The number of piperidine rings is 1. The molecule has 2 rings (SSSR count). The predicted molar refractivity (Wildman–Crippen MR) is 58.3 cm³/mol. The molecule has 0 unspecified atom stereocenters. The highest BCUT2D eigenvalue weighted by Gasteiger charge is 2.21. The van der Waals surface area contributed by atoms with Crippen LogP contribution in [-0.2, 0) is 0 Å². The fourth-order valence-corrected chi connectivity index (χ4v) is 2.07. The Hall–Kier alpha value is -1.09. The van der Waals surface area contributed by atoms with Gasteiger partial charge in [0.2, 0.25) is 0 Å². The van der Waals surface area contributed by atoms with Crippen molar-refractivity contribution in [3.05, 3.63) is 24.4 Å². The molecule has 1 fully saturated rings. The third-order valence-electron chi connectivity index (χ3n) is 2.84. The zero-order valence-electron chi connectivity index (χ0n) is 8.39. The summed E-state index contributed by atoms with van der Waals surface area (Å²) in [5.74, 6) is 1.07. The third-order valence-corrected chi connectivity index (χ3v) is 2.84. The van der Waals surface area contributed by atoms with Gasteiger partial charge in [0, 0.05) is 25.3 Å². The topological polar surface area (TPSA) is 42.1 Å². The van der Waals surface area contributed by atoms with Crippen LogP contribution in [0.1, 0.15) is 19.3 Å². The Balaban J connectivity index is 2.15. The molecule has 0 aromatic carbocycles. The molecule has 14 heavy (non-hydrogen) atoms. The van der Waals surface area contributed by atoms with Crippen molar-refractivity contribution in [2.75, 3.05) is 18.0 Å². The van der Waals surface area contributed by atoms with Crippen molar-refractivity contribution in [1.82, 2.24) is 4.98 Å². The smallest absolute Gasteiger partial charge is 0.128 e. The fraction of sp³-hybridized carbons (Fsp3) is 0.545. The fourth-order valence-electron chi connectivity index (χ4n) is 2.07. The zero-order chi connectivity index (χ0) is 9.80. The summed E-state index contributed by atoms with van der Waals surface area (Å²) in [7, 11) is 0. The summed E-state index contributed by atoms with van der Waals surface area (Å²) in [6.07, 6.45) is 5.60. The Labute approximate surface area is 84.9 Å². The van der Waals surface area contributed by atoms with Gasteiger partial charge in [0.15, 0.2) is 0 Å². The van der Waals surface area contributed by atoms with Gasteiger partial charge in [0.1, 0.15) is 5.82 Å². The van der Waals surface area contributed by atoms with Crippen LogP contribution in [0.2, 0.25) is 0 Å². The van der Waals surface area contributed by atoms with Crippen LogP contribution in [0.5, 0.6) is 0 Å². The van der Waals surface area contributed by atoms with Gasteiger partial charge in [-0.15, -0.1) is 0 Å². The minimum absolute atomic E-state index is 0.485. The minimum atomic E-state index is 0.485. The van der Waals surface area contributed by atoms with Crippen LogP contribution in [0.3, 0.4) is 0 Å². The first-order valence-electron chi connectivity index (χ1n) is 5.29. The molecule has 3 heteroatoms. The largest absolute Gasteiger partial charge is 0.352 e. The second-order valence-electron chi connectivity index (χ2n) is 3.77. The van der Waals surface area contributed by atoms with Crippen LogP contribution in [-0.4, -0.2) is 24.1 Å². The molecule has 1 aliphatic heterocycles. The van der Waals surface area contributed by atoms with Gasteiger partial charge in [0.05, 0.1) is 0 Å². The number of rotatable bonds is 2. The predicted octanol–water partition coefficient (Wildman–Crippen LogP) is 1.40. The molecule has 2 heterocycles. The highest BCUT2D eigenvalue weighted by Crippen LogP contribution is 2.21. The molecule has 2 N–H and O–H groups in total. The minimum Gasteiger partial charge on any atom is -0.352 e. The number of aromatic nitrogens is 1. The molecule has 1 atom stereocenters. The van der Waals surface area contributed by atoms with Gasteiger partial charge in [-0.25, -0.2) is 4.98 Å². The lowest BCUT2D eigenvalue weighted by atomic mass is 10.0. The van der Waals surface area contributed by atoms with Crippen LogP contribution in [0.15, 0.2) is 24.4 Å². The van der Waals surface area contributed by atoms with E-state index in [1.165, 1.54) is 19.3 Å². The maximum atomic E-state index is 5.76. The standard InChI is InChI=1S/C11H17N3/c12-9-10-5-2-4-8-14(10)11-6-1-3-7-13-11/h1,3,6-7,10H,2,4-5,8-9,12H2/t10-/m1/s1. The molecule has 0 aliphatic carbocycles. The summed E-state index contributed by atoms with van der Waals surface area (Å²) in [5.41, 5.74) is 5.76. The molecule has 1 aromatic rings. The van der Waals surface area contributed by atoms with Crippen molar-refractivity contribution in [3.8, 4) is 0 Å². The van der Waals surface area contributed by atoms with E-state index in [9.17, 15) is 0 Å². The van der Waals surface area contributed by atoms with Gasteiger partial charge in [-0.3, -0.25) is 0 Å². The summed E-state index contributed by atoms with van der Waals surface area (Å²) in [4.78, 5) is 6.71. The Bertz CT molecular complexity index is 273. The van der Waals surface area contributed by atoms with Gasteiger partial charge >= 0.3 is 0 Å². The molecule has 76 valence electrons. The van der Waals surface area contributed by atoms with Crippen LogP contribution in [0, 0.1) is 0 Å². The third kappa shape index (κ3) is 1.87. The van der Waals surface area contributed by atoms with Gasteiger partial charge in [-0.05, 0) is 31.4 Å². The number of anilines is 1. The molecule has 0 spiro atoms. The maximum Gasteiger partial charge on any atom is 0.128 e. The molecule has 1 aliphatic rings. The summed E-state index contributed by atoms with van der Waals surface area (Å²) in [6, 6.07) is 6.53. The first kappa shape index (κ1) is 9.46. The Kier molecular flexibility index (Phi) is 2.99. The summed E-state index contributed by atoms with van der Waals surface area (Å²) in [5, 5.41) is 0. The van der Waals surface area contributed by atoms with E-state index in [2.05, 4.69) is 16.0 Å². The molecule has 1 saturated heterocycles. The van der Waals surface area contributed by atoms with Gasteiger partial charge in [0.25, 0.3) is 0 Å². The van der Waals surface area contributed by atoms with Crippen LogP contribution in [0.25, 0.3) is 0 Å². The van der Waals surface area contributed by atoms with Gasteiger partial charge in [-0.2, -0.15) is 0 Å². The molecular formula is C11H17N3. The lowest BCUT2D eigenvalue weighted by Gasteiger charge is -2.35.